The Morgan fingerprint density at radius 2 is 1.91 bits per heavy atom. The molecule has 1 unspecified atom stereocenters. The highest BCUT2D eigenvalue weighted by atomic mass is 31.2. The van der Waals surface area contributed by atoms with Gasteiger partial charge in [-0.15, -0.1) is 0 Å². The van der Waals surface area contributed by atoms with Crippen LogP contribution in [-0.4, -0.2) is 25.0 Å². The Kier molecular flexibility index (Phi) is 3.33. The topological polar surface area (TPSA) is 112 Å². The molecule has 7 nitrogen and oxygen atoms in total. The van der Waals surface area contributed by atoms with Crippen molar-refractivity contribution in [1.29, 1.82) is 0 Å². The van der Waals surface area contributed by atoms with Gasteiger partial charge in [-0.05, 0) is 24.1 Å². The zero-order chi connectivity index (χ0) is 17.2. The zero-order valence-electron chi connectivity index (χ0n) is 11.3. The number of nitrogens with one attached hydrogen (secondary N) is 1. The van der Waals surface area contributed by atoms with Gasteiger partial charge < -0.3 is 19.3 Å². The lowest BCUT2D eigenvalue weighted by atomic mass is 10.00. The van der Waals surface area contributed by atoms with Crippen LogP contribution in [0.15, 0.2) is 21.7 Å². The maximum atomic E-state index is 12.9. The molecule has 23 heavy (non-hydrogen) atoms. The van der Waals surface area contributed by atoms with Crippen LogP contribution in [0.3, 0.4) is 0 Å². The molecule has 0 bridgehead atoms. The van der Waals surface area contributed by atoms with Crippen molar-refractivity contribution in [3.8, 4) is 0 Å². The Bertz CT molecular complexity index is 972. The second-order valence-electron chi connectivity index (χ2n) is 5.35. The van der Waals surface area contributed by atoms with Gasteiger partial charge in [-0.2, -0.15) is 13.2 Å². The summed E-state index contributed by atoms with van der Waals surface area (Å²) in [7, 11) is -4.65. The van der Waals surface area contributed by atoms with Gasteiger partial charge in [0, 0.05) is 6.54 Å². The normalized spacial score (nSPS) is 18.4. The third-order valence-electron chi connectivity index (χ3n) is 3.80. The molecule has 11 heteroatoms. The van der Waals surface area contributed by atoms with Crippen LogP contribution in [0.25, 0.3) is 11.0 Å². The maximum absolute atomic E-state index is 12.9. The second kappa shape index (κ2) is 4.80. The van der Waals surface area contributed by atoms with Crippen LogP contribution in [0.1, 0.15) is 11.1 Å². The summed E-state index contributed by atoms with van der Waals surface area (Å²) in [5.41, 5.74) is -4.79. The predicted molar refractivity (Wildman–Crippen MR) is 73.4 cm³/mol. The number of benzene rings is 1. The van der Waals surface area contributed by atoms with Crippen LogP contribution < -0.4 is 11.1 Å². The smallest absolute Gasteiger partial charge is 0.324 e. The van der Waals surface area contributed by atoms with Crippen LogP contribution >= 0.6 is 7.60 Å². The molecule has 1 aromatic carbocycles. The number of hydrogen-bond donors (Lipinski definition) is 3. The Morgan fingerprint density at radius 3 is 2.48 bits per heavy atom. The second-order valence-corrected chi connectivity index (χ2v) is 7.25. The van der Waals surface area contributed by atoms with Gasteiger partial charge in [0.25, 0.3) is 0 Å². The maximum Gasteiger partial charge on any atom is 0.416 e. The fourth-order valence-corrected chi connectivity index (χ4v) is 3.57. The van der Waals surface area contributed by atoms with Crippen molar-refractivity contribution >= 4 is 18.6 Å². The molecule has 0 aliphatic carbocycles. The highest BCUT2D eigenvalue weighted by Crippen LogP contribution is 2.46. The molecule has 0 radical (unpaired) electrons. The highest BCUT2D eigenvalue weighted by Gasteiger charge is 2.37. The largest absolute Gasteiger partial charge is 0.416 e. The van der Waals surface area contributed by atoms with Crippen LogP contribution in [0, 0.1) is 0 Å². The molecule has 1 aromatic heterocycles. The lowest BCUT2D eigenvalue weighted by molar-refractivity contribution is -0.137. The number of alkyl halides is 3. The summed E-state index contributed by atoms with van der Waals surface area (Å²) < 4.78 is 51.1. The van der Waals surface area contributed by atoms with E-state index in [0.29, 0.717) is 6.07 Å². The standard InChI is InChI=1S/C12H10F3N2O5P/c13-12(14,15)6-1-5-2-7(23(20,21)22)4-17-9(5)8(3-6)16-10(18)11(17)19/h1,3,7H,2,4H2,(H,16,18)(H2,20,21,22). The van der Waals surface area contributed by atoms with Gasteiger partial charge in [0.15, 0.2) is 0 Å². The summed E-state index contributed by atoms with van der Waals surface area (Å²) in [4.78, 5) is 44.2. The lowest BCUT2D eigenvalue weighted by Gasteiger charge is -2.27. The molecule has 0 saturated heterocycles. The minimum atomic E-state index is -4.70. The summed E-state index contributed by atoms with van der Waals surface area (Å²) in [6, 6.07) is 1.45. The Balaban J connectivity index is 2.38. The van der Waals surface area contributed by atoms with Gasteiger partial charge in [0.2, 0.25) is 0 Å². The quantitative estimate of drug-likeness (QED) is 0.520. The molecule has 2 aromatic rings. The van der Waals surface area contributed by atoms with E-state index in [-0.39, 0.29) is 23.0 Å². The molecule has 0 amide bonds. The van der Waals surface area contributed by atoms with Gasteiger partial charge in [0.1, 0.15) is 0 Å². The van der Waals surface area contributed by atoms with E-state index in [9.17, 15) is 37.1 Å². The van der Waals surface area contributed by atoms with Gasteiger partial charge >= 0.3 is 24.9 Å². The minimum absolute atomic E-state index is 0.0391. The molecule has 3 N–H and O–H groups in total. The van der Waals surface area contributed by atoms with E-state index >= 15 is 0 Å². The van der Waals surface area contributed by atoms with Crippen molar-refractivity contribution < 1.29 is 27.5 Å². The first-order chi connectivity index (χ1) is 10.5. The number of halogens is 3. The molecule has 1 aliphatic heterocycles. The predicted octanol–water partition coefficient (Wildman–Crippen LogP) is 0.811. The number of aromatic amines is 1. The van der Waals surface area contributed by atoms with E-state index in [1.165, 1.54) is 0 Å². The molecule has 124 valence electrons. The van der Waals surface area contributed by atoms with Gasteiger partial charge in [-0.25, -0.2) is 0 Å². The molecular weight excluding hydrogens is 340 g/mol. The summed E-state index contributed by atoms with van der Waals surface area (Å²) >= 11 is 0. The third-order valence-corrected chi connectivity index (χ3v) is 5.10. The van der Waals surface area contributed by atoms with Gasteiger partial charge in [0.05, 0.1) is 22.3 Å². The number of hydrogen-bond acceptors (Lipinski definition) is 3. The molecule has 0 fully saturated rings. The van der Waals surface area contributed by atoms with Crippen molar-refractivity contribution in [1.82, 2.24) is 9.55 Å². The van der Waals surface area contributed by atoms with E-state index in [1.807, 2.05) is 0 Å². The molecule has 1 aliphatic rings. The fraction of sp³-hybridized carbons (Fsp3) is 0.333. The van der Waals surface area contributed by atoms with Crippen LogP contribution in [0.2, 0.25) is 0 Å². The van der Waals surface area contributed by atoms with Gasteiger partial charge in [-0.1, -0.05) is 0 Å². The molecule has 1 atom stereocenters. The molecule has 3 rings (SSSR count). The van der Waals surface area contributed by atoms with Crippen molar-refractivity contribution in [3.63, 3.8) is 0 Å². The van der Waals surface area contributed by atoms with Gasteiger partial charge in [-0.3, -0.25) is 14.2 Å². The molecule has 0 saturated carbocycles. The summed E-state index contributed by atoms with van der Waals surface area (Å²) in [6.07, 6.45) is -5.02. The average molecular weight is 350 g/mol. The van der Waals surface area contributed by atoms with E-state index < -0.39 is 42.7 Å². The summed E-state index contributed by atoms with van der Waals surface area (Å²) in [6.45, 7) is -0.429. The number of H-pyrrole nitrogens is 1. The number of nitrogens with zero attached hydrogens (tertiary/aromatic N) is 1. The first kappa shape index (κ1) is 16.0. The van der Waals surface area contributed by atoms with E-state index in [2.05, 4.69) is 4.98 Å². The Hall–Kier alpha value is -1.90. The molecule has 0 spiro atoms. The molecule has 2 heterocycles. The fourth-order valence-electron chi connectivity index (χ4n) is 2.76. The first-order valence-electron chi connectivity index (χ1n) is 6.40. The summed E-state index contributed by atoms with van der Waals surface area (Å²) in [5, 5.41) is 0. The third kappa shape index (κ3) is 2.62. The number of aromatic nitrogens is 2. The van der Waals surface area contributed by atoms with Crippen LogP contribution in [0.4, 0.5) is 13.2 Å². The first-order valence-corrected chi connectivity index (χ1v) is 8.09. The lowest BCUT2D eigenvalue weighted by Crippen LogP contribution is -2.41. The van der Waals surface area contributed by atoms with E-state index in [1.54, 1.807) is 0 Å². The van der Waals surface area contributed by atoms with Crippen molar-refractivity contribution in [2.45, 2.75) is 24.8 Å². The van der Waals surface area contributed by atoms with Crippen molar-refractivity contribution in [2.24, 2.45) is 0 Å². The monoisotopic (exact) mass is 350 g/mol. The summed E-state index contributed by atoms with van der Waals surface area (Å²) in [5.74, 6) is 0. The van der Waals surface area contributed by atoms with E-state index in [4.69, 9.17) is 0 Å². The number of rotatable bonds is 1. The average Bonchev–Trinajstić information content (AvgIpc) is 2.41. The van der Waals surface area contributed by atoms with Crippen LogP contribution in [0.5, 0.6) is 0 Å². The Morgan fingerprint density at radius 1 is 1.26 bits per heavy atom. The van der Waals surface area contributed by atoms with E-state index in [0.717, 1.165) is 10.6 Å². The zero-order valence-corrected chi connectivity index (χ0v) is 12.2. The Labute approximate surface area is 125 Å². The van der Waals surface area contributed by atoms with Crippen LogP contribution in [-0.2, 0) is 23.7 Å². The SMILES string of the molecule is O=c1[nH]c2cc(C(F)(F)F)cc3c2n(c1=O)CC(P(=O)(O)O)C3. The molecular formula is C12H10F3N2O5P. The highest BCUT2D eigenvalue weighted by molar-refractivity contribution is 7.52. The van der Waals surface area contributed by atoms with Crippen molar-refractivity contribution in [2.75, 3.05) is 0 Å². The van der Waals surface area contributed by atoms with Crippen molar-refractivity contribution in [3.05, 3.63) is 44.0 Å². The minimum Gasteiger partial charge on any atom is -0.324 e.